The molecule has 0 aromatic heterocycles. The molecule has 2 aromatic rings. The normalized spacial score (nSPS) is 15.4. The van der Waals surface area contributed by atoms with E-state index in [-0.39, 0.29) is 29.4 Å². The third-order valence-electron chi connectivity index (χ3n) is 5.76. The number of imide groups is 1. The van der Waals surface area contributed by atoms with Crippen LogP contribution in [0.3, 0.4) is 0 Å². The van der Waals surface area contributed by atoms with Gasteiger partial charge < -0.3 is 9.64 Å². The fourth-order valence-electron chi connectivity index (χ4n) is 3.62. The molecule has 0 bridgehead atoms. The molecule has 2 unspecified atom stereocenters. The lowest BCUT2D eigenvalue weighted by molar-refractivity contribution is -0.111. The molecule has 3 rings (SSSR count). The van der Waals surface area contributed by atoms with Crippen molar-refractivity contribution in [3.63, 3.8) is 0 Å². The molecule has 6 heteroatoms. The van der Waals surface area contributed by atoms with E-state index in [1.165, 1.54) is 4.90 Å². The number of fused-ring (bicyclic) bond motifs is 1. The highest BCUT2D eigenvalue weighted by Crippen LogP contribution is 2.26. The molecule has 168 valence electrons. The maximum atomic E-state index is 12.6. The Bertz CT molecular complexity index is 1010. The van der Waals surface area contributed by atoms with Gasteiger partial charge in [0.1, 0.15) is 5.75 Å². The van der Waals surface area contributed by atoms with E-state index >= 15 is 0 Å². The zero-order valence-corrected chi connectivity index (χ0v) is 19.3. The molecular weight excluding hydrogens is 404 g/mol. The first-order valence-corrected chi connectivity index (χ1v) is 10.8. The maximum Gasteiger partial charge on any atom is 0.261 e. The van der Waals surface area contributed by atoms with Crippen LogP contribution in [0.15, 0.2) is 54.7 Å². The molecule has 0 saturated carbocycles. The van der Waals surface area contributed by atoms with Crippen LogP contribution >= 0.6 is 0 Å². The van der Waals surface area contributed by atoms with E-state index in [0.29, 0.717) is 35.6 Å². The first kappa shape index (κ1) is 23.3. The number of hydrogen-bond acceptors (Lipinski definition) is 5. The number of hydrogen-bond donors (Lipinski definition) is 0. The van der Waals surface area contributed by atoms with Crippen LogP contribution in [-0.2, 0) is 4.79 Å². The van der Waals surface area contributed by atoms with Crippen molar-refractivity contribution >= 4 is 23.2 Å². The van der Waals surface area contributed by atoms with E-state index in [4.69, 9.17) is 4.74 Å². The monoisotopic (exact) mass is 434 g/mol. The van der Waals surface area contributed by atoms with E-state index in [0.717, 1.165) is 5.56 Å². The van der Waals surface area contributed by atoms with Crippen LogP contribution in [0.25, 0.3) is 5.57 Å². The van der Waals surface area contributed by atoms with Gasteiger partial charge in [-0.25, -0.2) is 0 Å². The van der Waals surface area contributed by atoms with Crippen LogP contribution in [0.2, 0.25) is 0 Å². The highest BCUT2D eigenvalue weighted by atomic mass is 16.5. The molecular formula is C26H30N2O4. The molecule has 0 spiro atoms. The quantitative estimate of drug-likeness (QED) is 0.439. The second kappa shape index (κ2) is 9.81. The summed E-state index contributed by atoms with van der Waals surface area (Å²) in [5, 5.41) is 0. The molecule has 1 aliphatic rings. The number of carbonyl (C=O) groups is 3. The Morgan fingerprint density at radius 1 is 0.969 bits per heavy atom. The number of benzene rings is 2. The first-order valence-electron chi connectivity index (χ1n) is 10.8. The number of allylic oxidation sites excluding steroid dienone is 1. The van der Waals surface area contributed by atoms with Crippen molar-refractivity contribution in [2.75, 3.05) is 27.2 Å². The number of ketones is 1. The van der Waals surface area contributed by atoms with Gasteiger partial charge in [-0.15, -0.1) is 0 Å². The molecule has 0 N–H and O–H groups in total. The van der Waals surface area contributed by atoms with E-state index in [9.17, 15) is 14.4 Å². The van der Waals surface area contributed by atoms with Gasteiger partial charge in [0.05, 0.1) is 17.7 Å². The fraction of sp³-hybridized carbons (Fsp3) is 0.346. The van der Waals surface area contributed by atoms with Crippen LogP contribution in [0.4, 0.5) is 0 Å². The zero-order valence-electron chi connectivity index (χ0n) is 19.3. The summed E-state index contributed by atoms with van der Waals surface area (Å²) >= 11 is 0. The minimum absolute atomic E-state index is 0.00275. The number of rotatable bonds is 9. The molecule has 0 fully saturated rings. The number of carbonyl (C=O) groups excluding carboxylic acids is 3. The minimum Gasteiger partial charge on any atom is -0.493 e. The van der Waals surface area contributed by atoms with E-state index in [1.54, 1.807) is 37.4 Å². The number of Topliss-reactive ketones (excluding diaryl/α,β-unsaturated/α-hetero) is 1. The summed E-state index contributed by atoms with van der Waals surface area (Å²) in [7, 11) is 3.76. The van der Waals surface area contributed by atoms with Crippen molar-refractivity contribution in [1.82, 2.24) is 9.80 Å². The predicted molar refractivity (Wildman–Crippen MR) is 124 cm³/mol. The summed E-state index contributed by atoms with van der Waals surface area (Å²) in [5.74, 6) is 0.454. The Hall–Kier alpha value is -3.41. The minimum atomic E-state index is -0.229. The van der Waals surface area contributed by atoms with Crippen molar-refractivity contribution in [3.8, 4) is 5.75 Å². The molecule has 0 radical (unpaired) electrons. The Morgan fingerprint density at radius 3 is 2.03 bits per heavy atom. The molecule has 0 saturated heterocycles. The van der Waals surface area contributed by atoms with Gasteiger partial charge in [-0.1, -0.05) is 38.1 Å². The average Bonchev–Trinajstić information content (AvgIpc) is 3.01. The summed E-state index contributed by atoms with van der Waals surface area (Å²) in [4.78, 5) is 40.3. The van der Waals surface area contributed by atoms with Crippen molar-refractivity contribution in [3.05, 3.63) is 71.4 Å². The SMILES string of the molecule is CC(=O)/C(=C\N(C)C)c1ccc(OCC(C)C(C)CN2C(=O)c3ccccc3C2=O)cc1. The van der Waals surface area contributed by atoms with Gasteiger partial charge in [-0.05, 0) is 48.6 Å². The van der Waals surface area contributed by atoms with E-state index in [2.05, 4.69) is 0 Å². The van der Waals surface area contributed by atoms with Gasteiger partial charge in [0, 0.05) is 32.4 Å². The van der Waals surface area contributed by atoms with Crippen LogP contribution < -0.4 is 4.74 Å². The van der Waals surface area contributed by atoms with Gasteiger partial charge in [0.25, 0.3) is 11.8 Å². The van der Waals surface area contributed by atoms with Crippen molar-refractivity contribution in [2.24, 2.45) is 11.8 Å². The third kappa shape index (κ3) is 5.07. The van der Waals surface area contributed by atoms with Gasteiger partial charge in [0.2, 0.25) is 0 Å². The van der Waals surface area contributed by atoms with Gasteiger partial charge in [0.15, 0.2) is 5.78 Å². The highest BCUT2D eigenvalue weighted by molar-refractivity contribution is 6.21. The standard InChI is InChI=1S/C26H30N2O4/c1-17(14-28-25(30)22-8-6-7-9-23(22)26(28)31)18(2)16-32-21-12-10-20(11-13-21)24(19(3)29)15-27(4)5/h6-13,15,17-18H,14,16H2,1-5H3/b24-15+. The topological polar surface area (TPSA) is 66.9 Å². The number of nitrogens with zero attached hydrogens (tertiary/aromatic N) is 2. The van der Waals surface area contributed by atoms with Crippen molar-refractivity contribution < 1.29 is 19.1 Å². The summed E-state index contributed by atoms with van der Waals surface area (Å²) in [6.45, 7) is 6.43. The molecule has 6 nitrogen and oxygen atoms in total. The second-order valence-corrected chi connectivity index (χ2v) is 8.62. The first-order chi connectivity index (χ1) is 15.2. The van der Waals surface area contributed by atoms with Crippen molar-refractivity contribution in [2.45, 2.75) is 20.8 Å². The third-order valence-corrected chi connectivity index (χ3v) is 5.76. The van der Waals surface area contributed by atoms with E-state index < -0.39 is 0 Å². The Morgan fingerprint density at radius 2 is 1.53 bits per heavy atom. The van der Waals surface area contributed by atoms with Crippen LogP contribution in [0.1, 0.15) is 47.1 Å². The van der Waals surface area contributed by atoms with Crippen molar-refractivity contribution in [1.29, 1.82) is 0 Å². The summed E-state index contributed by atoms with van der Waals surface area (Å²) in [5.41, 5.74) is 2.43. The van der Waals surface area contributed by atoms with Gasteiger partial charge >= 0.3 is 0 Å². The summed E-state index contributed by atoms with van der Waals surface area (Å²) in [6, 6.07) is 14.4. The average molecular weight is 435 g/mol. The summed E-state index contributed by atoms with van der Waals surface area (Å²) < 4.78 is 5.94. The molecule has 2 aromatic carbocycles. The van der Waals surface area contributed by atoms with E-state index in [1.807, 2.05) is 57.1 Å². The molecule has 1 heterocycles. The smallest absolute Gasteiger partial charge is 0.261 e. The predicted octanol–water partition coefficient (Wildman–Crippen LogP) is 4.13. The number of ether oxygens (including phenoxy) is 1. The van der Waals surface area contributed by atoms with Crippen LogP contribution in [0.5, 0.6) is 5.75 Å². The molecule has 2 atom stereocenters. The molecule has 2 amide bonds. The van der Waals surface area contributed by atoms with Crippen LogP contribution in [0, 0.1) is 11.8 Å². The van der Waals surface area contributed by atoms with Gasteiger partial charge in [-0.3, -0.25) is 19.3 Å². The fourth-order valence-corrected chi connectivity index (χ4v) is 3.62. The summed E-state index contributed by atoms with van der Waals surface area (Å²) in [6.07, 6.45) is 1.81. The maximum absolute atomic E-state index is 12.6. The lowest BCUT2D eigenvalue weighted by Gasteiger charge is -2.24. The largest absolute Gasteiger partial charge is 0.493 e. The Labute approximate surface area is 189 Å². The molecule has 32 heavy (non-hydrogen) atoms. The molecule has 1 aliphatic heterocycles. The lowest BCUT2D eigenvalue weighted by Crippen LogP contribution is -2.36. The number of amides is 2. The van der Waals surface area contributed by atoms with Gasteiger partial charge in [-0.2, -0.15) is 0 Å². The molecule has 0 aliphatic carbocycles. The Balaban J connectivity index is 1.58. The lowest BCUT2D eigenvalue weighted by atomic mass is 9.96. The van der Waals surface area contributed by atoms with Crippen LogP contribution in [-0.4, -0.2) is 54.6 Å². The zero-order chi connectivity index (χ0) is 23.4. The highest BCUT2D eigenvalue weighted by Gasteiger charge is 2.36. The Kier molecular flexibility index (Phi) is 7.13. The second-order valence-electron chi connectivity index (χ2n) is 8.62.